The molecule has 3 heterocycles. The molecule has 1 aromatic heterocycles. The lowest BCUT2D eigenvalue weighted by Crippen LogP contribution is -2.34. The van der Waals surface area contributed by atoms with E-state index in [1.165, 1.54) is 29.3 Å². The van der Waals surface area contributed by atoms with Crippen molar-refractivity contribution in [3.8, 4) is 0 Å². The summed E-state index contributed by atoms with van der Waals surface area (Å²) in [5.74, 6) is 4.67. The van der Waals surface area contributed by atoms with Gasteiger partial charge in [-0.3, -0.25) is 0 Å². The van der Waals surface area contributed by atoms with Gasteiger partial charge in [0.2, 0.25) is 0 Å². The zero-order valence-corrected chi connectivity index (χ0v) is 8.98. The Labute approximate surface area is 88.4 Å². The van der Waals surface area contributed by atoms with Crippen molar-refractivity contribution in [1.82, 2.24) is 5.32 Å². The van der Waals surface area contributed by atoms with Crippen molar-refractivity contribution in [2.45, 2.75) is 18.9 Å². The second kappa shape index (κ2) is 3.63. The maximum atomic E-state index is 5.50. The van der Waals surface area contributed by atoms with Crippen LogP contribution < -0.4 is 5.32 Å². The van der Waals surface area contributed by atoms with Gasteiger partial charge < -0.3 is 9.73 Å². The average molecular weight is 209 g/mol. The Morgan fingerprint density at radius 2 is 2.50 bits per heavy atom. The Kier molecular flexibility index (Phi) is 2.30. The quantitative estimate of drug-likeness (QED) is 0.767. The molecule has 3 rings (SSSR count). The first-order valence-electron chi connectivity index (χ1n) is 5.32. The summed E-state index contributed by atoms with van der Waals surface area (Å²) in [7, 11) is 0. The highest BCUT2D eigenvalue weighted by atomic mass is 32.2. The standard InChI is InChI=1S/C11H15NOS/c1-4-12-11(8-3-6-14-7-8)9-2-5-13-10(1)9/h2,5,8,11-12H,1,3-4,6-7H2. The largest absolute Gasteiger partial charge is 0.469 e. The molecule has 0 saturated carbocycles. The molecule has 1 aromatic rings. The maximum Gasteiger partial charge on any atom is 0.109 e. The molecule has 2 aliphatic heterocycles. The number of rotatable bonds is 1. The highest BCUT2D eigenvalue weighted by Crippen LogP contribution is 2.37. The summed E-state index contributed by atoms with van der Waals surface area (Å²) < 4.78 is 5.50. The van der Waals surface area contributed by atoms with Crippen molar-refractivity contribution < 1.29 is 4.42 Å². The molecule has 2 aliphatic rings. The number of fused-ring (bicyclic) bond motifs is 1. The Morgan fingerprint density at radius 1 is 1.50 bits per heavy atom. The molecule has 0 bridgehead atoms. The van der Waals surface area contributed by atoms with E-state index in [0.717, 1.165) is 18.9 Å². The second-order valence-electron chi connectivity index (χ2n) is 4.10. The third kappa shape index (κ3) is 1.39. The molecular weight excluding hydrogens is 194 g/mol. The molecular formula is C11H15NOS. The smallest absolute Gasteiger partial charge is 0.109 e. The lowest BCUT2D eigenvalue weighted by Gasteiger charge is -2.27. The van der Waals surface area contributed by atoms with E-state index in [9.17, 15) is 0 Å². The van der Waals surface area contributed by atoms with E-state index in [4.69, 9.17) is 4.42 Å². The Hall–Kier alpha value is -0.410. The molecule has 0 amide bonds. The van der Waals surface area contributed by atoms with Gasteiger partial charge in [-0.1, -0.05) is 0 Å². The van der Waals surface area contributed by atoms with Crippen molar-refractivity contribution in [2.24, 2.45) is 5.92 Å². The summed E-state index contributed by atoms with van der Waals surface area (Å²) in [6.45, 7) is 1.08. The van der Waals surface area contributed by atoms with E-state index in [2.05, 4.69) is 23.1 Å². The van der Waals surface area contributed by atoms with Gasteiger partial charge in [-0.25, -0.2) is 0 Å². The molecule has 1 saturated heterocycles. The van der Waals surface area contributed by atoms with E-state index in [1.807, 2.05) is 6.26 Å². The van der Waals surface area contributed by atoms with Crippen LogP contribution in [0.4, 0.5) is 0 Å². The molecule has 0 aromatic carbocycles. The normalized spacial score (nSPS) is 31.7. The number of nitrogens with one attached hydrogen (secondary N) is 1. The lowest BCUT2D eigenvalue weighted by molar-refractivity contribution is 0.355. The number of thioether (sulfide) groups is 1. The monoisotopic (exact) mass is 209 g/mol. The highest BCUT2D eigenvalue weighted by Gasteiger charge is 2.31. The molecule has 1 fully saturated rings. The first kappa shape index (κ1) is 8.86. The van der Waals surface area contributed by atoms with Gasteiger partial charge in [0.25, 0.3) is 0 Å². The zero-order chi connectivity index (χ0) is 9.38. The molecule has 14 heavy (non-hydrogen) atoms. The second-order valence-corrected chi connectivity index (χ2v) is 5.25. The third-order valence-electron chi connectivity index (χ3n) is 3.27. The van der Waals surface area contributed by atoms with Crippen LogP contribution in [0, 0.1) is 5.92 Å². The number of hydrogen-bond donors (Lipinski definition) is 1. The van der Waals surface area contributed by atoms with Crippen molar-refractivity contribution >= 4 is 11.8 Å². The maximum absolute atomic E-state index is 5.50. The molecule has 2 atom stereocenters. The molecule has 1 N–H and O–H groups in total. The van der Waals surface area contributed by atoms with E-state index in [-0.39, 0.29) is 0 Å². The Balaban J connectivity index is 1.88. The van der Waals surface area contributed by atoms with Gasteiger partial charge in [0.15, 0.2) is 0 Å². The van der Waals surface area contributed by atoms with Crippen LogP contribution in [0.15, 0.2) is 16.7 Å². The average Bonchev–Trinajstić information content (AvgIpc) is 2.88. The first-order chi connectivity index (χ1) is 6.95. The van der Waals surface area contributed by atoms with Gasteiger partial charge in [0.05, 0.1) is 6.26 Å². The van der Waals surface area contributed by atoms with Crippen LogP contribution in [0.5, 0.6) is 0 Å². The zero-order valence-electron chi connectivity index (χ0n) is 8.16. The van der Waals surface area contributed by atoms with Gasteiger partial charge in [-0.05, 0) is 29.9 Å². The number of hydrogen-bond acceptors (Lipinski definition) is 3. The van der Waals surface area contributed by atoms with Crippen molar-refractivity contribution in [3.05, 3.63) is 23.7 Å². The highest BCUT2D eigenvalue weighted by molar-refractivity contribution is 7.99. The van der Waals surface area contributed by atoms with Crippen LogP contribution in [-0.4, -0.2) is 18.1 Å². The van der Waals surface area contributed by atoms with Gasteiger partial charge in [-0.2, -0.15) is 11.8 Å². The Bertz CT molecular complexity index is 317. The fourth-order valence-corrected chi connectivity index (χ4v) is 3.82. The summed E-state index contributed by atoms with van der Waals surface area (Å²) in [4.78, 5) is 0. The predicted molar refractivity (Wildman–Crippen MR) is 58.6 cm³/mol. The molecule has 2 nitrogen and oxygen atoms in total. The molecule has 2 unspecified atom stereocenters. The molecule has 0 radical (unpaired) electrons. The SMILES string of the molecule is c1cc2c(o1)CCNC2C1CCSC1. The Morgan fingerprint density at radius 3 is 3.36 bits per heavy atom. The van der Waals surface area contributed by atoms with E-state index in [0.29, 0.717) is 6.04 Å². The topological polar surface area (TPSA) is 25.2 Å². The van der Waals surface area contributed by atoms with Crippen LogP contribution in [0.1, 0.15) is 23.8 Å². The third-order valence-corrected chi connectivity index (χ3v) is 4.46. The molecule has 0 aliphatic carbocycles. The minimum Gasteiger partial charge on any atom is -0.469 e. The fraction of sp³-hybridized carbons (Fsp3) is 0.636. The van der Waals surface area contributed by atoms with Crippen LogP contribution in [0.2, 0.25) is 0 Å². The summed E-state index contributed by atoms with van der Waals surface area (Å²) in [6, 6.07) is 2.71. The van der Waals surface area contributed by atoms with Crippen LogP contribution in [-0.2, 0) is 6.42 Å². The van der Waals surface area contributed by atoms with E-state index in [1.54, 1.807) is 0 Å². The fourth-order valence-electron chi connectivity index (χ4n) is 2.52. The molecule has 76 valence electrons. The summed E-state index contributed by atoms with van der Waals surface area (Å²) >= 11 is 2.08. The van der Waals surface area contributed by atoms with Crippen LogP contribution >= 0.6 is 11.8 Å². The van der Waals surface area contributed by atoms with Crippen LogP contribution in [0.3, 0.4) is 0 Å². The molecule has 3 heteroatoms. The van der Waals surface area contributed by atoms with Crippen molar-refractivity contribution in [3.63, 3.8) is 0 Å². The summed E-state index contributed by atoms with van der Waals surface area (Å²) in [5, 5.41) is 3.63. The van der Waals surface area contributed by atoms with Gasteiger partial charge in [-0.15, -0.1) is 0 Å². The molecule has 0 spiro atoms. The number of furan rings is 1. The predicted octanol–water partition coefficient (Wildman–Crippen LogP) is 2.22. The van der Waals surface area contributed by atoms with Crippen molar-refractivity contribution in [2.75, 3.05) is 18.1 Å². The first-order valence-corrected chi connectivity index (χ1v) is 6.48. The van der Waals surface area contributed by atoms with Crippen molar-refractivity contribution in [1.29, 1.82) is 0 Å². The minimum atomic E-state index is 0.562. The minimum absolute atomic E-state index is 0.562. The van der Waals surface area contributed by atoms with Gasteiger partial charge in [0, 0.05) is 24.6 Å². The van der Waals surface area contributed by atoms with E-state index >= 15 is 0 Å². The van der Waals surface area contributed by atoms with Gasteiger partial charge >= 0.3 is 0 Å². The lowest BCUT2D eigenvalue weighted by atomic mass is 9.90. The van der Waals surface area contributed by atoms with E-state index < -0.39 is 0 Å². The summed E-state index contributed by atoms with van der Waals surface area (Å²) in [6.07, 6.45) is 4.25. The summed E-state index contributed by atoms with van der Waals surface area (Å²) in [5.41, 5.74) is 1.42. The van der Waals surface area contributed by atoms with Crippen LogP contribution in [0.25, 0.3) is 0 Å². The van der Waals surface area contributed by atoms with Gasteiger partial charge in [0.1, 0.15) is 5.76 Å².